The number of allylic oxidation sites excluding steroid dienone is 1. The highest BCUT2D eigenvalue weighted by Crippen LogP contribution is 2.45. The summed E-state index contributed by atoms with van der Waals surface area (Å²) in [7, 11) is 0. The summed E-state index contributed by atoms with van der Waals surface area (Å²) in [5, 5.41) is 0. The molecule has 4 heteroatoms. The van der Waals surface area contributed by atoms with Gasteiger partial charge in [-0.3, -0.25) is 4.57 Å². The van der Waals surface area contributed by atoms with Gasteiger partial charge in [0.25, 0.3) is 6.72 Å². The van der Waals surface area contributed by atoms with E-state index >= 15 is 0 Å². The molecular formula is C3H6ClO2P. The van der Waals surface area contributed by atoms with E-state index in [1.807, 2.05) is 0 Å². The van der Waals surface area contributed by atoms with Crippen LogP contribution >= 0.6 is 18.0 Å². The van der Waals surface area contributed by atoms with Gasteiger partial charge in [-0.25, -0.2) is 0 Å². The van der Waals surface area contributed by atoms with E-state index in [2.05, 4.69) is 6.58 Å². The maximum Gasteiger partial charge on any atom is 0.291 e. The zero-order valence-electron chi connectivity index (χ0n) is 3.67. The van der Waals surface area contributed by atoms with Crippen LogP contribution in [-0.2, 0) is 4.57 Å². The Morgan fingerprint density at radius 3 is 2.43 bits per heavy atom. The van der Waals surface area contributed by atoms with Gasteiger partial charge in [0.2, 0.25) is 0 Å². The third kappa shape index (κ3) is 6.22. The van der Waals surface area contributed by atoms with Gasteiger partial charge in [0.1, 0.15) is 0 Å². The molecule has 0 aromatic rings. The fourth-order valence-corrected chi connectivity index (χ4v) is 0.770. The second kappa shape index (κ2) is 2.51. The normalized spacial score (nSPS) is 18.0. The predicted molar refractivity (Wildman–Crippen MR) is 30.7 cm³/mol. The lowest BCUT2D eigenvalue weighted by molar-refractivity contribution is 0.499. The van der Waals surface area contributed by atoms with Crippen molar-refractivity contribution in [2.75, 3.05) is 6.16 Å². The van der Waals surface area contributed by atoms with E-state index in [-0.39, 0.29) is 6.16 Å². The quantitative estimate of drug-likeness (QED) is 0.467. The summed E-state index contributed by atoms with van der Waals surface area (Å²) >= 11 is 4.87. The maximum absolute atomic E-state index is 10.1. The lowest BCUT2D eigenvalue weighted by Gasteiger charge is -1.92. The minimum Gasteiger partial charge on any atom is -0.333 e. The van der Waals surface area contributed by atoms with Crippen LogP contribution in [0.4, 0.5) is 0 Å². The van der Waals surface area contributed by atoms with Crippen molar-refractivity contribution in [2.24, 2.45) is 0 Å². The van der Waals surface area contributed by atoms with E-state index in [1.54, 1.807) is 0 Å². The number of hydrogen-bond donors (Lipinski definition) is 1. The summed E-state index contributed by atoms with van der Waals surface area (Å²) in [4.78, 5) is 8.27. The van der Waals surface area contributed by atoms with Gasteiger partial charge in [0.05, 0.1) is 6.16 Å². The first-order chi connectivity index (χ1) is 3.06. The zero-order chi connectivity index (χ0) is 5.91. The molecule has 0 amide bonds. The smallest absolute Gasteiger partial charge is 0.291 e. The fourth-order valence-electron chi connectivity index (χ4n) is 0.159. The molecule has 1 N–H and O–H groups in total. The summed E-state index contributed by atoms with van der Waals surface area (Å²) in [6.45, 7) is -0.0822. The summed E-state index contributed by atoms with van der Waals surface area (Å²) < 4.78 is 10.1. The molecule has 2 nitrogen and oxygen atoms in total. The van der Waals surface area contributed by atoms with E-state index in [1.165, 1.54) is 6.08 Å². The van der Waals surface area contributed by atoms with E-state index in [9.17, 15) is 4.57 Å². The average molecular weight is 141 g/mol. The highest BCUT2D eigenvalue weighted by atomic mass is 35.7. The van der Waals surface area contributed by atoms with Crippen molar-refractivity contribution >= 4 is 18.0 Å². The minimum atomic E-state index is -3.31. The van der Waals surface area contributed by atoms with Gasteiger partial charge in [-0.2, -0.15) is 0 Å². The second-order valence-electron chi connectivity index (χ2n) is 1.09. The predicted octanol–water partition coefficient (Wildman–Crippen LogP) is 1.60. The molecule has 0 spiro atoms. The second-order valence-corrected chi connectivity index (χ2v) is 4.27. The van der Waals surface area contributed by atoms with Crippen LogP contribution in [-0.4, -0.2) is 11.1 Å². The number of rotatable bonds is 2. The maximum atomic E-state index is 10.1. The van der Waals surface area contributed by atoms with Gasteiger partial charge < -0.3 is 4.89 Å². The van der Waals surface area contributed by atoms with Crippen molar-refractivity contribution in [2.45, 2.75) is 0 Å². The summed E-state index contributed by atoms with van der Waals surface area (Å²) in [5.41, 5.74) is 0. The van der Waals surface area contributed by atoms with E-state index in [0.717, 1.165) is 0 Å². The Bertz CT molecular complexity index is 106. The highest BCUT2D eigenvalue weighted by Gasteiger charge is 2.07. The molecule has 0 aromatic heterocycles. The van der Waals surface area contributed by atoms with Crippen molar-refractivity contribution in [3.05, 3.63) is 12.7 Å². The van der Waals surface area contributed by atoms with Gasteiger partial charge in [-0.05, 0) is 11.2 Å². The molecule has 0 fully saturated rings. The monoisotopic (exact) mass is 140 g/mol. The van der Waals surface area contributed by atoms with E-state index < -0.39 is 6.72 Å². The van der Waals surface area contributed by atoms with Crippen LogP contribution in [0.2, 0.25) is 0 Å². The van der Waals surface area contributed by atoms with Crippen molar-refractivity contribution in [1.82, 2.24) is 0 Å². The van der Waals surface area contributed by atoms with Gasteiger partial charge in [-0.1, -0.05) is 6.08 Å². The van der Waals surface area contributed by atoms with Gasteiger partial charge >= 0.3 is 0 Å². The highest BCUT2D eigenvalue weighted by molar-refractivity contribution is 7.84. The Balaban J connectivity index is 3.57. The van der Waals surface area contributed by atoms with Gasteiger partial charge in [0, 0.05) is 0 Å². The molecule has 0 saturated carbocycles. The molecule has 0 radical (unpaired) electrons. The van der Waals surface area contributed by atoms with E-state index in [0.29, 0.717) is 0 Å². The molecule has 0 rings (SSSR count). The van der Waals surface area contributed by atoms with E-state index in [4.69, 9.17) is 16.1 Å². The van der Waals surface area contributed by atoms with Gasteiger partial charge in [-0.15, -0.1) is 6.58 Å². The molecule has 0 aliphatic carbocycles. The van der Waals surface area contributed by atoms with Crippen LogP contribution in [0.3, 0.4) is 0 Å². The third-order valence-corrected chi connectivity index (χ3v) is 1.48. The molecule has 42 valence electrons. The molecule has 0 aliphatic heterocycles. The van der Waals surface area contributed by atoms with Crippen molar-refractivity contribution < 1.29 is 9.46 Å². The largest absolute Gasteiger partial charge is 0.333 e. The summed E-state index contributed by atoms with van der Waals surface area (Å²) in [6, 6.07) is 0. The van der Waals surface area contributed by atoms with Crippen LogP contribution in [0, 0.1) is 0 Å². The molecule has 0 aromatic carbocycles. The lowest BCUT2D eigenvalue weighted by atomic mass is 10.8. The standard InChI is InChI=1S/C3H6ClO2P/c1-2-3-7(4,5)6/h2H,1,3H2,(H,5,6). The Kier molecular flexibility index (Phi) is 2.59. The van der Waals surface area contributed by atoms with Crippen LogP contribution in [0.25, 0.3) is 0 Å². The first kappa shape index (κ1) is 7.22. The minimum absolute atomic E-state index is 0.0193. The SMILES string of the molecule is C=CCP(=O)(O)Cl. The van der Waals surface area contributed by atoms with Crippen molar-refractivity contribution in [3.8, 4) is 0 Å². The first-order valence-corrected chi connectivity index (χ1v) is 4.43. The first-order valence-electron chi connectivity index (χ1n) is 1.68. The van der Waals surface area contributed by atoms with Crippen LogP contribution in [0.1, 0.15) is 0 Å². The molecular weight excluding hydrogens is 134 g/mol. The number of hydrogen-bond acceptors (Lipinski definition) is 1. The molecule has 0 bridgehead atoms. The zero-order valence-corrected chi connectivity index (χ0v) is 5.32. The summed E-state index contributed by atoms with van der Waals surface area (Å²) in [5.74, 6) is 0. The van der Waals surface area contributed by atoms with Crippen LogP contribution in [0.15, 0.2) is 12.7 Å². The Morgan fingerprint density at radius 2 is 2.43 bits per heavy atom. The van der Waals surface area contributed by atoms with Crippen molar-refractivity contribution in [3.63, 3.8) is 0 Å². The number of halogens is 1. The fraction of sp³-hybridized carbons (Fsp3) is 0.333. The Morgan fingerprint density at radius 1 is 2.00 bits per heavy atom. The van der Waals surface area contributed by atoms with Crippen LogP contribution < -0.4 is 0 Å². The molecule has 1 atom stereocenters. The topological polar surface area (TPSA) is 37.3 Å². The molecule has 0 aliphatic rings. The average Bonchev–Trinajstić information content (AvgIpc) is 1.30. The summed E-state index contributed by atoms with van der Waals surface area (Å²) in [6.07, 6.45) is 1.29. The van der Waals surface area contributed by atoms with Crippen molar-refractivity contribution in [1.29, 1.82) is 0 Å². The Hall–Kier alpha value is 0.220. The molecule has 0 saturated heterocycles. The lowest BCUT2D eigenvalue weighted by Crippen LogP contribution is -1.71. The Labute approximate surface area is 47.0 Å². The molecule has 7 heavy (non-hydrogen) atoms. The van der Waals surface area contributed by atoms with Gasteiger partial charge in [0.15, 0.2) is 0 Å². The third-order valence-electron chi connectivity index (χ3n) is 0.354. The molecule has 0 heterocycles. The van der Waals surface area contributed by atoms with Crippen LogP contribution in [0.5, 0.6) is 0 Å². The molecule has 1 unspecified atom stereocenters.